The van der Waals surface area contributed by atoms with Crippen molar-refractivity contribution in [1.82, 2.24) is 14.6 Å². The quantitative estimate of drug-likeness (QED) is 0.803. The van der Waals surface area contributed by atoms with E-state index in [-0.39, 0.29) is 22.9 Å². The minimum absolute atomic E-state index is 0.0575. The molecule has 1 atom stereocenters. The number of pyridine rings is 1. The van der Waals surface area contributed by atoms with Crippen molar-refractivity contribution in [2.24, 2.45) is 0 Å². The zero-order valence-corrected chi connectivity index (χ0v) is 17.2. The van der Waals surface area contributed by atoms with Crippen molar-refractivity contribution in [1.29, 1.82) is 0 Å². The van der Waals surface area contributed by atoms with Gasteiger partial charge in [-0.25, -0.2) is 8.42 Å². The molecule has 3 rings (SSSR count). The van der Waals surface area contributed by atoms with E-state index >= 15 is 0 Å². The molecule has 1 heterocycles. The van der Waals surface area contributed by atoms with Crippen LogP contribution < -0.4 is 5.32 Å². The van der Waals surface area contributed by atoms with Crippen molar-refractivity contribution in [3.05, 3.63) is 59.9 Å². The molecule has 0 aliphatic heterocycles. The lowest BCUT2D eigenvalue weighted by molar-refractivity contribution is 0.0939. The number of aromatic nitrogens is 1. The van der Waals surface area contributed by atoms with E-state index in [4.69, 9.17) is 0 Å². The maximum absolute atomic E-state index is 12.9. The topological polar surface area (TPSA) is 79.4 Å². The second-order valence-corrected chi connectivity index (χ2v) is 9.32. The van der Waals surface area contributed by atoms with Crippen LogP contribution in [0.25, 0.3) is 0 Å². The Hall–Kier alpha value is -2.25. The third kappa shape index (κ3) is 4.59. The average Bonchev–Trinajstić information content (AvgIpc) is 2.74. The first-order valence-corrected chi connectivity index (χ1v) is 11.1. The molecule has 7 heteroatoms. The highest BCUT2D eigenvalue weighted by Gasteiger charge is 2.29. The zero-order chi connectivity index (χ0) is 20.1. The van der Waals surface area contributed by atoms with Gasteiger partial charge in [0.15, 0.2) is 0 Å². The van der Waals surface area contributed by atoms with Gasteiger partial charge in [0.25, 0.3) is 5.91 Å². The van der Waals surface area contributed by atoms with Gasteiger partial charge in [-0.15, -0.1) is 0 Å². The summed E-state index contributed by atoms with van der Waals surface area (Å²) in [5, 5.41) is 2.91. The highest BCUT2D eigenvalue weighted by atomic mass is 32.2. The van der Waals surface area contributed by atoms with E-state index in [9.17, 15) is 13.2 Å². The summed E-state index contributed by atoms with van der Waals surface area (Å²) in [6.07, 6.45) is 8.51. The maximum Gasteiger partial charge on any atom is 0.251 e. The molecule has 0 spiro atoms. The predicted octanol–water partition coefficient (Wildman–Crippen LogP) is 3.53. The molecule has 1 aromatic carbocycles. The Morgan fingerprint density at radius 1 is 1.14 bits per heavy atom. The predicted molar refractivity (Wildman–Crippen MR) is 108 cm³/mol. The van der Waals surface area contributed by atoms with Crippen LogP contribution in [0.4, 0.5) is 0 Å². The maximum atomic E-state index is 12.9. The smallest absolute Gasteiger partial charge is 0.251 e. The summed E-state index contributed by atoms with van der Waals surface area (Å²) in [5.74, 6) is -0.249. The molecule has 1 fully saturated rings. The number of carbonyl (C=O) groups is 1. The Kier molecular flexibility index (Phi) is 6.46. The van der Waals surface area contributed by atoms with Gasteiger partial charge in [0, 0.05) is 31.0 Å². The summed E-state index contributed by atoms with van der Waals surface area (Å²) in [5.41, 5.74) is 1.33. The molecular formula is C21H27N3O3S. The van der Waals surface area contributed by atoms with Gasteiger partial charge in [-0.1, -0.05) is 25.3 Å². The summed E-state index contributed by atoms with van der Waals surface area (Å²) in [6.45, 7) is 1.88. The summed E-state index contributed by atoms with van der Waals surface area (Å²) >= 11 is 0. The number of nitrogens with zero attached hydrogens (tertiary/aromatic N) is 2. The van der Waals surface area contributed by atoms with Gasteiger partial charge in [-0.05, 0) is 55.7 Å². The summed E-state index contributed by atoms with van der Waals surface area (Å²) < 4.78 is 27.3. The number of amides is 1. The molecule has 1 N–H and O–H groups in total. The van der Waals surface area contributed by atoms with Gasteiger partial charge in [0.1, 0.15) is 0 Å². The van der Waals surface area contributed by atoms with Crippen LogP contribution in [0.2, 0.25) is 0 Å². The number of hydrogen-bond donors (Lipinski definition) is 1. The van der Waals surface area contributed by atoms with Crippen LogP contribution in [0.1, 0.15) is 61.0 Å². The fourth-order valence-corrected chi connectivity index (χ4v) is 5.00. The molecule has 1 unspecified atom stereocenters. The zero-order valence-electron chi connectivity index (χ0n) is 16.3. The molecule has 150 valence electrons. The van der Waals surface area contributed by atoms with E-state index < -0.39 is 10.0 Å². The Bertz CT molecular complexity index is 892. The first-order chi connectivity index (χ1) is 13.4. The van der Waals surface area contributed by atoms with Crippen LogP contribution in [-0.4, -0.2) is 36.7 Å². The van der Waals surface area contributed by atoms with E-state index in [0.29, 0.717) is 5.56 Å². The van der Waals surface area contributed by atoms with E-state index in [1.165, 1.54) is 22.9 Å². The van der Waals surface area contributed by atoms with Crippen molar-refractivity contribution in [3.63, 3.8) is 0 Å². The number of sulfonamides is 1. The molecule has 6 nitrogen and oxygen atoms in total. The van der Waals surface area contributed by atoms with Crippen LogP contribution in [0.5, 0.6) is 0 Å². The molecule has 28 heavy (non-hydrogen) atoms. The third-order valence-corrected chi connectivity index (χ3v) is 7.34. The van der Waals surface area contributed by atoms with Gasteiger partial charge < -0.3 is 5.32 Å². The van der Waals surface area contributed by atoms with Gasteiger partial charge in [-0.2, -0.15) is 4.31 Å². The van der Waals surface area contributed by atoms with Crippen LogP contribution in [0.3, 0.4) is 0 Å². The van der Waals surface area contributed by atoms with Crippen molar-refractivity contribution in [3.8, 4) is 0 Å². The average molecular weight is 402 g/mol. The van der Waals surface area contributed by atoms with Crippen molar-refractivity contribution in [2.75, 3.05) is 7.05 Å². The summed E-state index contributed by atoms with van der Waals surface area (Å²) in [7, 11) is -1.90. The fraction of sp³-hybridized carbons (Fsp3) is 0.429. The molecule has 1 amide bonds. The van der Waals surface area contributed by atoms with Gasteiger partial charge >= 0.3 is 0 Å². The lowest BCUT2D eigenvalue weighted by Gasteiger charge is -2.30. The summed E-state index contributed by atoms with van der Waals surface area (Å²) in [4.78, 5) is 16.8. The third-order valence-electron chi connectivity index (χ3n) is 5.41. The number of benzene rings is 1. The van der Waals surface area contributed by atoms with Crippen LogP contribution in [-0.2, 0) is 10.0 Å². The first-order valence-electron chi connectivity index (χ1n) is 9.68. The van der Waals surface area contributed by atoms with Crippen molar-refractivity contribution in [2.45, 2.75) is 56.0 Å². The lowest BCUT2D eigenvalue weighted by atomic mass is 9.96. The minimum atomic E-state index is -3.55. The van der Waals surface area contributed by atoms with E-state index in [0.717, 1.165) is 31.2 Å². The lowest BCUT2D eigenvalue weighted by Crippen LogP contribution is -2.38. The number of carbonyl (C=O) groups excluding carboxylic acids is 1. The SMILES string of the molecule is CC(NC(=O)c1ccc(S(=O)(=O)N(C)C2CCCCC2)cc1)c1cccnc1. The fourth-order valence-electron chi connectivity index (χ4n) is 3.58. The molecule has 1 aromatic heterocycles. The number of rotatable bonds is 6. The van der Waals surface area contributed by atoms with Crippen LogP contribution in [0.15, 0.2) is 53.7 Å². The van der Waals surface area contributed by atoms with Gasteiger partial charge in [0.05, 0.1) is 10.9 Å². The Morgan fingerprint density at radius 2 is 1.82 bits per heavy atom. The highest BCUT2D eigenvalue weighted by molar-refractivity contribution is 7.89. The molecule has 0 bridgehead atoms. The van der Waals surface area contributed by atoms with Gasteiger partial charge in [-0.3, -0.25) is 9.78 Å². The molecule has 1 aliphatic rings. The van der Waals surface area contributed by atoms with E-state index in [1.54, 1.807) is 31.6 Å². The summed E-state index contributed by atoms with van der Waals surface area (Å²) in [6, 6.07) is 9.73. The Morgan fingerprint density at radius 3 is 2.43 bits per heavy atom. The number of nitrogens with one attached hydrogen (secondary N) is 1. The molecule has 1 aliphatic carbocycles. The normalized spacial score (nSPS) is 16.7. The molecule has 0 saturated heterocycles. The monoisotopic (exact) mass is 401 g/mol. The van der Waals surface area contributed by atoms with Crippen LogP contribution in [0, 0.1) is 0 Å². The first kappa shape index (κ1) is 20.5. The second-order valence-electron chi connectivity index (χ2n) is 7.32. The van der Waals surface area contributed by atoms with Crippen molar-refractivity contribution < 1.29 is 13.2 Å². The number of hydrogen-bond acceptors (Lipinski definition) is 4. The van der Waals surface area contributed by atoms with Crippen LogP contribution >= 0.6 is 0 Å². The van der Waals surface area contributed by atoms with Crippen molar-refractivity contribution >= 4 is 15.9 Å². The van der Waals surface area contributed by atoms with Gasteiger partial charge in [0.2, 0.25) is 10.0 Å². The molecule has 1 saturated carbocycles. The Balaban J connectivity index is 1.69. The molecular weight excluding hydrogens is 374 g/mol. The minimum Gasteiger partial charge on any atom is -0.345 e. The largest absolute Gasteiger partial charge is 0.345 e. The van der Waals surface area contributed by atoms with E-state index in [1.807, 2.05) is 19.1 Å². The molecule has 2 aromatic rings. The molecule has 0 radical (unpaired) electrons. The standard InChI is InChI=1S/C21H27N3O3S/c1-16(18-7-6-14-22-15-18)23-21(25)17-10-12-20(13-11-17)28(26,27)24(2)19-8-4-3-5-9-19/h6-7,10-16,19H,3-5,8-9H2,1-2H3,(H,23,25). The van der Waals surface area contributed by atoms with E-state index in [2.05, 4.69) is 10.3 Å². The second kappa shape index (κ2) is 8.84. The Labute approximate surface area is 167 Å². The highest BCUT2D eigenvalue weighted by Crippen LogP contribution is 2.26.